The zero-order valence-electron chi connectivity index (χ0n) is 7.42. The van der Waals surface area contributed by atoms with Gasteiger partial charge in [-0.05, 0) is 0 Å². The van der Waals surface area contributed by atoms with E-state index in [0.29, 0.717) is 0 Å². The first-order valence-electron chi connectivity index (χ1n) is 4.51. The fourth-order valence-electron chi connectivity index (χ4n) is 1.52. The predicted molar refractivity (Wildman–Crippen MR) is 52.1 cm³/mol. The van der Waals surface area contributed by atoms with Crippen LogP contribution >= 0.6 is 0 Å². The fraction of sp³-hybridized carbons (Fsp3) is 0.444. The van der Waals surface area contributed by atoms with Crippen molar-refractivity contribution in [2.45, 2.75) is 0 Å². The Morgan fingerprint density at radius 3 is 2.77 bits per heavy atom. The molecule has 70 valence electrons. The van der Waals surface area contributed by atoms with Crippen molar-refractivity contribution >= 4 is 5.82 Å². The number of hydrogen-bond acceptors (Lipinski definition) is 3. The lowest BCUT2D eigenvalue weighted by Gasteiger charge is -2.28. The Bertz CT molecular complexity index is 328. The number of H-pyrrole nitrogens is 1. The Morgan fingerprint density at radius 2 is 2.08 bits per heavy atom. The summed E-state index contributed by atoms with van der Waals surface area (Å²) in [6, 6.07) is 3.18. The SMILES string of the molecule is O=c1cc[nH]c(N2CCNCC2)c1. The molecule has 1 fully saturated rings. The van der Waals surface area contributed by atoms with E-state index >= 15 is 0 Å². The number of aromatic nitrogens is 1. The van der Waals surface area contributed by atoms with Gasteiger partial charge in [-0.25, -0.2) is 0 Å². The van der Waals surface area contributed by atoms with Crippen LogP contribution in [0.25, 0.3) is 0 Å². The van der Waals surface area contributed by atoms with Gasteiger partial charge in [-0.2, -0.15) is 0 Å². The molecule has 0 aromatic carbocycles. The molecule has 0 bridgehead atoms. The summed E-state index contributed by atoms with van der Waals surface area (Å²) in [5.41, 5.74) is 0.0623. The van der Waals surface area contributed by atoms with Gasteiger partial charge < -0.3 is 15.2 Å². The third-order valence-corrected chi connectivity index (χ3v) is 2.22. The van der Waals surface area contributed by atoms with Crippen LogP contribution in [0, 0.1) is 0 Å². The predicted octanol–water partition coefficient (Wildman–Crippen LogP) is -0.216. The highest BCUT2D eigenvalue weighted by Gasteiger charge is 2.10. The first-order valence-corrected chi connectivity index (χ1v) is 4.51. The van der Waals surface area contributed by atoms with Crippen LogP contribution in [0.2, 0.25) is 0 Å². The Balaban J connectivity index is 2.19. The number of piperazine rings is 1. The molecule has 1 saturated heterocycles. The van der Waals surface area contributed by atoms with Crippen LogP contribution in [0.3, 0.4) is 0 Å². The normalized spacial score (nSPS) is 17.4. The average molecular weight is 179 g/mol. The van der Waals surface area contributed by atoms with Gasteiger partial charge in [-0.1, -0.05) is 0 Å². The maximum atomic E-state index is 11.1. The molecule has 2 rings (SSSR count). The van der Waals surface area contributed by atoms with E-state index in [2.05, 4.69) is 15.2 Å². The molecular formula is C9H13N3O. The molecule has 0 atom stereocenters. The monoisotopic (exact) mass is 179 g/mol. The Hall–Kier alpha value is -1.29. The fourth-order valence-corrected chi connectivity index (χ4v) is 1.52. The van der Waals surface area contributed by atoms with Crippen molar-refractivity contribution in [2.24, 2.45) is 0 Å². The molecule has 0 amide bonds. The molecule has 2 heterocycles. The van der Waals surface area contributed by atoms with Crippen molar-refractivity contribution in [3.8, 4) is 0 Å². The number of rotatable bonds is 1. The van der Waals surface area contributed by atoms with Crippen LogP contribution in [0.1, 0.15) is 0 Å². The Morgan fingerprint density at radius 1 is 1.31 bits per heavy atom. The lowest BCUT2D eigenvalue weighted by atomic mass is 10.3. The summed E-state index contributed by atoms with van der Waals surface area (Å²) in [5.74, 6) is 0.925. The maximum absolute atomic E-state index is 11.1. The van der Waals surface area contributed by atoms with Crippen LogP contribution in [0.15, 0.2) is 23.1 Å². The van der Waals surface area contributed by atoms with Gasteiger partial charge in [0.25, 0.3) is 0 Å². The van der Waals surface area contributed by atoms with Crippen molar-refractivity contribution in [1.29, 1.82) is 0 Å². The van der Waals surface area contributed by atoms with Crippen LogP contribution in [-0.2, 0) is 0 Å². The quantitative estimate of drug-likeness (QED) is 0.627. The highest BCUT2D eigenvalue weighted by molar-refractivity contribution is 5.38. The first kappa shape index (κ1) is 8.31. The molecule has 0 spiro atoms. The lowest BCUT2D eigenvalue weighted by molar-refractivity contribution is 0.585. The summed E-state index contributed by atoms with van der Waals surface area (Å²) in [7, 11) is 0. The molecule has 0 unspecified atom stereocenters. The molecular weight excluding hydrogens is 166 g/mol. The van der Waals surface area contributed by atoms with Gasteiger partial charge in [-0.3, -0.25) is 4.79 Å². The van der Waals surface area contributed by atoms with E-state index in [4.69, 9.17) is 0 Å². The standard InChI is InChI=1S/C9H13N3O/c13-8-1-2-11-9(7-8)12-5-3-10-4-6-12/h1-2,7,10H,3-6H2,(H,11,13). The van der Waals surface area contributed by atoms with Crippen LogP contribution in [0.4, 0.5) is 5.82 Å². The summed E-state index contributed by atoms with van der Waals surface area (Å²) in [5, 5.41) is 3.27. The van der Waals surface area contributed by atoms with Gasteiger partial charge in [0.15, 0.2) is 5.43 Å². The van der Waals surface area contributed by atoms with Crippen LogP contribution in [0.5, 0.6) is 0 Å². The van der Waals surface area contributed by atoms with E-state index < -0.39 is 0 Å². The average Bonchev–Trinajstić information content (AvgIpc) is 2.19. The molecule has 4 heteroatoms. The summed E-state index contributed by atoms with van der Waals surface area (Å²) in [4.78, 5) is 16.3. The van der Waals surface area contributed by atoms with E-state index in [1.807, 2.05) is 0 Å². The summed E-state index contributed by atoms with van der Waals surface area (Å²) < 4.78 is 0. The zero-order chi connectivity index (χ0) is 9.10. The number of pyridine rings is 1. The summed E-state index contributed by atoms with van der Waals surface area (Å²) in [6.07, 6.45) is 1.69. The van der Waals surface area contributed by atoms with Gasteiger partial charge in [0.1, 0.15) is 5.82 Å². The van der Waals surface area contributed by atoms with Crippen molar-refractivity contribution in [3.05, 3.63) is 28.6 Å². The maximum Gasteiger partial charge on any atom is 0.183 e. The third-order valence-electron chi connectivity index (χ3n) is 2.22. The third kappa shape index (κ3) is 1.89. The molecule has 0 saturated carbocycles. The number of nitrogens with zero attached hydrogens (tertiary/aromatic N) is 1. The largest absolute Gasteiger partial charge is 0.356 e. The zero-order valence-corrected chi connectivity index (χ0v) is 7.42. The molecule has 4 nitrogen and oxygen atoms in total. The summed E-state index contributed by atoms with van der Waals surface area (Å²) in [6.45, 7) is 3.88. The minimum absolute atomic E-state index is 0.0623. The Kier molecular flexibility index (Phi) is 2.31. The second-order valence-corrected chi connectivity index (χ2v) is 3.15. The highest BCUT2D eigenvalue weighted by Crippen LogP contribution is 2.06. The number of aromatic amines is 1. The van der Waals surface area contributed by atoms with E-state index in [9.17, 15) is 4.79 Å². The van der Waals surface area contributed by atoms with E-state index in [1.165, 1.54) is 6.07 Å². The minimum atomic E-state index is 0.0623. The molecule has 1 aromatic heterocycles. The number of anilines is 1. The smallest absolute Gasteiger partial charge is 0.183 e. The van der Waals surface area contributed by atoms with Gasteiger partial charge >= 0.3 is 0 Å². The van der Waals surface area contributed by atoms with E-state index in [0.717, 1.165) is 32.0 Å². The van der Waals surface area contributed by atoms with Gasteiger partial charge in [-0.15, -0.1) is 0 Å². The van der Waals surface area contributed by atoms with Gasteiger partial charge in [0, 0.05) is 44.5 Å². The number of hydrogen-bond donors (Lipinski definition) is 2. The van der Waals surface area contributed by atoms with Crippen molar-refractivity contribution < 1.29 is 0 Å². The highest BCUT2D eigenvalue weighted by atomic mass is 16.1. The molecule has 0 aliphatic carbocycles. The second kappa shape index (κ2) is 3.62. The van der Waals surface area contributed by atoms with Gasteiger partial charge in [0.05, 0.1) is 0 Å². The first-order chi connectivity index (χ1) is 6.36. The Labute approximate surface area is 76.6 Å². The second-order valence-electron chi connectivity index (χ2n) is 3.15. The number of nitrogens with one attached hydrogen (secondary N) is 2. The molecule has 2 N–H and O–H groups in total. The molecule has 1 aromatic rings. The molecule has 1 aliphatic heterocycles. The molecule has 1 aliphatic rings. The van der Waals surface area contributed by atoms with Gasteiger partial charge in [0.2, 0.25) is 0 Å². The topological polar surface area (TPSA) is 48.1 Å². The lowest BCUT2D eigenvalue weighted by Crippen LogP contribution is -2.44. The van der Waals surface area contributed by atoms with Crippen molar-refractivity contribution in [1.82, 2.24) is 10.3 Å². The van der Waals surface area contributed by atoms with Crippen molar-refractivity contribution in [3.63, 3.8) is 0 Å². The van der Waals surface area contributed by atoms with E-state index in [-0.39, 0.29) is 5.43 Å². The van der Waals surface area contributed by atoms with Crippen molar-refractivity contribution in [2.75, 3.05) is 31.1 Å². The molecule has 0 radical (unpaired) electrons. The van der Waals surface area contributed by atoms with Crippen LogP contribution in [-0.4, -0.2) is 31.2 Å². The van der Waals surface area contributed by atoms with E-state index in [1.54, 1.807) is 12.3 Å². The minimum Gasteiger partial charge on any atom is -0.356 e. The summed E-state index contributed by atoms with van der Waals surface area (Å²) >= 11 is 0. The molecule has 13 heavy (non-hydrogen) atoms. The van der Waals surface area contributed by atoms with Crippen LogP contribution < -0.4 is 15.6 Å².